The lowest BCUT2D eigenvalue weighted by Gasteiger charge is -2.47. The van der Waals surface area contributed by atoms with Crippen molar-refractivity contribution in [3.8, 4) is 0 Å². The van der Waals surface area contributed by atoms with E-state index in [1.165, 1.54) is 32.4 Å². The molecule has 2 aliphatic rings. The van der Waals surface area contributed by atoms with E-state index < -0.39 is 0 Å². The maximum absolute atomic E-state index is 10.6. The van der Waals surface area contributed by atoms with Crippen LogP contribution in [-0.4, -0.2) is 35.2 Å². The predicted molar refractivity (Wildman–Crippen MR) is 72.0 cm³/mol. The summed E-state index contributed by atoms with van der Waals surface area (Å²) < 4.78 is 0. The standard InChI is InChI=1S/C15H29NO/c1-4-13-5-7-15(17,8-6-13)11-16-9-14(10-16)12(2)3/h12-14,17H,4-11H2,1-3H3. The van der Waals surface area contributed by atoms with Crippen molar-refractivity contribution >= 4 is 0 Å². The maximum Gasteiger partial charge on any atom is 0.0774 e. The molecule has 1 aliphatic carbocycles. The molecule has 2 fully saturated rings. The molecule has 0 atom stereocenters. The summed E-state index contributed by atoms with van der Waals surface area (Å²) in [6, 6.07) is 0. The van der Waals surface area contributed by atoms with Gasteiger partial charge in [0.05, 0.1) is 5.60 Å². The molecule has 1 aliphatic heterocycles. The Hall–Kier alpha value is -0.0800. The van der Waals surface area contributed by atoms with Crippen LogP contribution in [0.15, 0.2) is 0 Å². The summed E-state index contributed by atoms with van der Waals surface area (Å²) in [5.41, 5.74) is -0.367. The number of β-amino-alcohol motifs (C(OH)–C–C–N with tert-alkyl or cyclic N) is 1. The molecule has 0 aromatic carbocycles. The van der Waals surface area contributed by atoms with E-state index in [1.807, 2.05) is 0 Å². The summed E-state index contributed by atoms with van der Waals surface area (Å²) in [4.78, 5) is 2.46. The Balaban J connectivity index is 1.73. The zero-order valence-corrected chi connectivity index (χ0v) is 11.8. The molecular formula is C15H29NO. The number of hydrogen-bond donors (Lipinski definition) is 1. The molecule has 1 saturated heterocycles. The molecule has 0 aromatic rings. The fourth-order valence-electron chi connectivity index (χ4n) is 3.36. The lowest BCUT2D eigenvalue weighted by Crippen LogP contribution is -2.55. The Labute approximate surface area is 106 Å². The van der Waals surface area contributed by atoms with Crippen molar-refractivity contribution in [2.45, 2.75) is 58.5 Å². The highest BCUT2D eigenvalue weighted by Crippen LogP contribution is 2.36. The smallest absolute Gasteiger partial charge is 0.0774 e. The van der Waals surface area contributed by atoms with Gasteiger partial charge in [0.15, 0.2) is 0 Å². The zero-order chi connectivity index (χ0) is 12.5. The van der Waals surface area contributed by atoms with E-state index >= 15 is 0 Å². The van der Waals surface area contributed by atoms with Gasteiger partial charge in [-0.05, 0) is 43.4 Å². The van der Waals surface area contributed by atoms with Gasteiger partial charge >= 0.3 is 0 Å². The van der Waals surface area contributed by atoms with Crippen molar-refractivity contribution in [1.29, 1.82) is 0 Å². The summed E-state index contributed by atoms with van der Waals surface area (Å²) in [7, 11) is 0. The van der Waals surface area contributed by atoms with Gasteiger partial charge in [0.2, 0.25) is 0 Å². The van der Waals surface area contributed by atoms with E-state index in [-0.39, 0.29) is 5.60 Å². The third kappa shape index (κ3) is 3.23. The lowest BCUT2D eigenvalue weighted by atomic mass is 9.76. The van der Waals surface area contributed by atoms with Crippen molar-refractivity contribution < 1.29 is 5.11 Å². The van der Waals surface area contributed by atoms with Crippen LogP contribution in [-0.2, 0) is 0 Å². The SMILES string of the molecule is CCC1CCC(O)(CN2CC(C(C)C)C2)CC1. The molecule has 0 spiro atoms. The third-order valence-electron chi connectivity index (χ3n) is 5.06. The first kappa shape index (κ1) is 13.4. The first-order valence-corrected chi connectivity index (χ1v) is 7.47. The fraction of sp³-hybridized carbons (Fsp3) is 1.00. The predicted octanol–water partition coefficient (Wildman–Crippen LogP) is 2.91. The Kier molecular flexibility index (Phi) is 4.14. The molecule has 2 heteroatoms. The van der Waals surface area contributed by atoms with Crippen LogP contribution in [0.3, 0.4) is 0 Å². The van der Waals surface area contributed by atoms with Gasteiger partial charge in [-0.15, -0.1) is 0 Å². The molecular weight excluding hydrogens is 210 g/mol. The number of nitrogens with zero attached hydrogens (tertiary/aromatic N) is 1. The van der Waals surface area contributed by atoms with Gasteiger partial charge in [0, 0.05) is 19.6 Å². The van der Waals surface area contributed by atoms with Crippen LogP contribution in [0.4, 0.5) is 0 Å². The van der Waals surface area contributed by atoms with E-state index in [4.69, 9.17) is 0 Å². The summed E-state index contributed by atoms with van der Waals surface area (Å²) in [6.07, 6.45) is 5.79. The van der Waals surface area contributed by atoms with Crippen LogP contribution in [0.5, 0.6) is 0 Å². The minimum atomic E-state index is -0.367. The quantitative estimate of drug-likeness (QED) is 0.815. The highest BCUT2D eigenvalue weighted by molar-refractivity contribution is 4.92. The molecule has 2 rings (SSSR count). The number of aliphatic hydroxyl groups is 1. The molecule has 0 amide bonds. The molecule has 1 saturated carbocycles. The van der Waals surface area contributed by atoms with Crippen molar-refractivity contribution in [2.75, 3.05) is 19.6 Å². The second-order valence-electron chi connectivity index (χ2n) is 6.77. The monoisotopic (exact) mass is 239 g/mol. The summed E-state index contributed by atoms with van der Waals surface area (Å²) >= 11 is 0. The van der Waals surface area contributed by atoms with E-state index in [0.29, 0.717) is 0 Å². The van der Waals surface area contributed by atoms with Crippen molar-refractivity contribution in [3.05, 3.63) is 0 Å². The minimum Gasteiger partial charge on any atom is -0.389 e. The molecule has 1 N–H and O–H groups in total. The van der Waals surface area contributed by atoms with Crippen LogP contribution in [0.1, 0.15) is 52.9 Å². The van der Waals surface area contributed by atoms with E-state index in [2.05, 4.69) is 25.7 Å². The molecule has 1 heterocycles. The second kappa shape index (κ2) is 5.27. The van der Waals surface area contributed by atoms with Gasteiger partial charge in [-0.25, -0.2) is 0 Å². The van der Waals surface area contributed by atoms with Crippen LogP contribution in [0.25, 0.3) is 0 Å². The molecule has 0 unspecified atom stereocenters. The molecule has 0 bridgehead atoms. The number of hydrogen-bond acceptors (Lipinski definition) is 2. The molecule has 100 valence electrons. The van der Waals surface area contributed by atoms with Gasteiger partial charge in [-0.1, -0.05) is 27.2 Å². The van der Waals surface area contributed by atoms with E-state index in [1.54, 1.807) is 0 Å². The third-order valence-corrected chi connectivity index (χ3v) is 5.06. The Bertz CT molecular complexity index is 237. The highest BCUT2D eigenvalue weighted by atomic mass is 16.3. The van der Waals surface area contributed by atoms with Gasteiger partial charge in [0.1, 0.15) is 0 Å². The summed E-state index contributed by atoms with van der Waals surface area (Å²) in [5.74, 6) is 2.54. The van der Waals surface area contributed by atoms with Crippen molar-refractivity contribution in [1.82, 2.24) is 4.90 Å². The lowest BCUT2D eigenvalue weighted by molar-refractivity contribution is -0.0665. The van der Waals surface area contributed by atoms with E-state index in [9.17, 15) is 5.11 Å². The first-order valence-electron chi connectivity index (χ1n) is 7.47. The highest BCUT2D eigenvalue weighted by Gasteiger charge is 2.38. The molecule has 0 radical (unpaired) electrons. The molecule has 0 aromatic heterocycles. The summed E-state index contributed by atoms with van der Waals surface area (Å²) in [5, 5.41) is 10.6. The van der Waals surface area contributed by atoms with Gasteiger partial charge in [0.25, 0.3) is 0 Å². The number of likely N-dealkylation sites (tertiary alicyclic amines) is 1. The maximum atomic E-state index is 10.6. The normalized spacial score (nSPS) is 36.2. The van der Waals surface area contributed by atoms with Gasteiger partial charge in [-0.2, -0.15) is 0 Å². The molecule has 2 nitrogen and oxygen atoms in total. The topological polar surface area (TPSA) is 23.5 Å². The van der Waals surface area contributed by atoms with Crippen LogP contribution in [0, 0.1) is 17.8 Å². The fourth-order valence-corrected chi connectivity index (χ4v) is 3.36. The van der Waals surface area contributed by atoms with E-state index in [0.717, 1.165) is 37.1 Å². The largest absolute Gasteiger partial charge is 0.389 e. The Morgan fingerprint density at radius 1 is 1.24 bits per heavy atom. The van der Waals surface area contributed by atoms with Crippen molar-refractivity contribution in [3.63, 3.8) is 0 Å². The average molecular weight is 239 g/mol. The van der Waals surface area contributed by atoms with Crippen LogP contribution in [0.2, 0.25) is 0 Å². The summed E-state index contributed by atoms with van der Waals surface area (Å²) in [6.45, 7) is 10.2. The molecule has 17 heavy (non-hydrogen) atoms. The Morgan fingerprint density at radius 3 is 2.29 bits per heavy atom. The van der Waals surface area contributed by atoms with Gasteiger partial charge < -0.3 is 5.11 Å². The average Bonchev–Trinajstić information content (AvgIpc) is 2.24. The van der Waals surface area contributed by atoms with Crippen LogP contribution >= 0.6 is 0 Å². The van der Waals surface area contributed by atoms with Gasteiger partial charge in [-0.3, -0.25) is 4.90 Å². The minimum absolute atomic E-state index is 0.367. The van der Waals surface area contributed by atoms with Crippen molar-refractivity contribution in [2.24, 2.45) is 17.8 Å². The second-order valence-corrected chi connectivity index (χ2v) is 6.77. The number of rotatable bonds is 4. The first-order chi connectivity index (χ1) is 8.02. The zero-order valence-electron chi connectivity index (χ0n) is 11.8. The van der Waals surface area contributed by atoms with Crippen LogP contribution < -0.4 is 0 Å². The Morgan fingerprint density at radius 2 is 1.82 bits per heavy atom.